The van der Waals surface area contributed by atoms with Crippen molar-refractivity contribution in [3.05, 3.63) is 111 Å². The van der Waals surface area contributed by atoms with Crippen LogP contribution in [0.15, 0.2) is 89.0 Å². The fourth-order valence-corrected chi connectivity index (χ4v) is 5.00. The van der Waals surface area contributed by atoms with Crippen LogP contribution in [0, 0.1) is 0 Å². The molecule has 1 aromatic heterocycles. The van der Waals surface area contributed by atoms with Crippen LogP contribution in [0.3, 0.4) is 0 Å². The number of aliphatic hydroxyl groups is 1. The van der Waals surface area contributed by atoms with E-state index in [0.717, 1.165) is 38.5 Å². The largest absolute Gasteiger partial charge is 0.507 e. The van der Waals surface area contributed by atoms with Crippen LogP contribution in [0.2, 0.25) is 0 Å². The number of benzene rings is 3. The number of aryl methyl sites for hydroxylation is 1. The van der Waals surface area contributed by atoms with Crippen LogP contribution in [0.25, 0.3) is 16.7 Å². The Morgan fingerprint density at radius 2 is 1.71 bits per heavy atom. The predicted octanol–water partition coefficient (Wildman–Crippen LogP) is 6.16. The number of likely N-dealkylation sites (tertiary alicyclic amines) is 1. The SMILES string of the molecule is CCc1ccc(C2C(=C(O)c3ccc(Br)cc3)C(=O)C(=O)N2CCc2c[nH]c3ccccc23)cc1. The van der Waals surface area contributed by atoms with E-state index in [9.17, 15) is 14.7 Å². The maximum atomic E-state index is 13.3. The van der Waals surface area contributed by atoms with Crippen molar-refractivity contribution in [3.8, 4) is 0 Å². The van der Waals surface area contributed by atoms with Gasteiger partial charge in [0.15, 0.2) is 0 Å². The number of hydrogen-bond donors (Lipinski definition) is 2. The second-order valence-corrected chi connectivity index (χ2v) is 9.62. The second kappa shape index (κ2) is 9.55. The predicted molar refractivity (Wildman–Crippen MR) is 141 cm³/mol. The van der Waals surface area contributed by atoms with Crippen LogP contribution in [0.1, 0.15) is 35.2 Å². The molecule has 5 nitrogen and oxygen atoms in total. The van der Waals surface area contributed by atoms with Gasteiger partial charge in [0.2, 0.25) is 0 Å². The molecular weight excluding hydrogens is 504 g/mol. The number of Topliss-reactive ketones (excluding diaryl/α,β-unsaturated/α-hetero) is 1. The molecule has 0 bridgehead atoms. The number of ketones is 1. The Balaban J connectivity index is 1.56. The lowest BCUT2D eigenvalue weighted by Gasteiger charge is -2.25. The normalized spacial score (nSPS) is 17.4. The summed E-state index contributed by atoms with van der Waals surface area (Å²) in [5.41, 5.74) is 4.71. The number of hydrogen-bond acceptors (Lipinski definition) is 3. The first-order valence-corrected chi connectivity index (χ1v) is 12.5. The van der Waals surface area contributed by atoms with Gasteiger partial charge in [-0.2, -0.15) is 0 Å². The van der Waals surface area contributed by atoms with Crippen molar-refractivity contribution in [2.45, 2.75) is 25.8 Å². The average Bonchev–Trinajstić information content (AvgIpc) is 3.41. The van der Waals surface area contributed by atoms with Gasteiger partial charge in [-0.15, -0.1) is 0 Å². The first-order valence-electron chi connectivity index (χ1n) is 11.7. The third-order valence-corrected chi connectivity index (χ3v) is 7.19. The standard InChI is InChI=1S/C29H25BrN2O3/c1-2-18-7-9-19(10-8-18)26-25(27(33)20-11-13-22(30)14-12-20)28(34)29(35)32(26)16-15-21-17-31-24-6-4-3-5-23(21)24/h3-14,17,26,31,33H,2,15-16H2,1H3. The molecule has 6 heteroatoms. The van der Waals surface area contributed by atoms with E-state index in [1.807, 2.05) is 54.7 Å². The van der Waals surface area contributed by atoms with Gasteiger partial charge in [-0.1, -0.05) is 77.5 Å². The van der Waals surface area contributed by atoms with Gasteiger partial charge < -0.3 is 15.0 Å². The van der Waals surface area contributed by atoms with Crippen LogP contribution in [-0.2, 0) is 22.4 Å². The lowest BCUT2D eigenvalue weighted by Crippen LogP contribution is -2.31. The van der Waals surface area contributed by atoms with Gasteiger partial charge in [0.1, 0.15) is 5.76 Å². The van der Waals surface area contributed by atoms with Crippen molar-refractivity contribution in [2.75, 3.05) is 6.54 Å². The molecule has 0 saturated carbocycles. The lowest BCUT2D eigenvalue weighted by molar-refractivity contribution is -0.139. The molecule has 1 atom stereocenters. The zero-order chi connectivity index (χ0) is 24.5. The zero-order valence-electron chi connectivity index (χ0n) is 19.3. The number of carbonyl (C=O) groups excluding carboxylic acids is 2. The minimum Gasteiger partial charge on any atom is -0.507 e. The molecule has 1 saturated heterocycles. The van der Waals surface area contributed by atoms with Crippen molar-refractivity contribution in [1.82, 2.24) is 9.88 Å². The summed E-state index contributed by atoms with van der Waals surface area (Å²) in [6.45, 7) is 2.43. The van der Waals surface area contributed by atoms with Crippen LogP contribution >= 0.6 is 15.9 Å². The van der Waals surface area contributed by atoms with Gasteiger partial charge in [-0.3, -0.25) is 9.59 Å². The number of nitrogens with one attached hydrogen (secondary N) is 1. The summed E-state index contributed by atoms with van der Waals surface area (Å²) in [7, 11) is 0. The summed E-state index contributed by atoms with van der Waals surface area (Å²) in [5.74, 6) is -1.41. The molecule has 1 amide bonds. The minimum atomic E-state index is -0.658. The average molecular weight is 529 g/mol. The van der Waals surface area contributed by atoms with Gasteiger partial charge in [0.25, 0.3) is 11.7 Å². The number of rotatable bonds is 6. The minimum absolute atomic E-state index is 0.125. The van der Waals surface area contributed by atoms with Gasteiger partial charge in [-0.05, 0) is 47.7 Å². The molecule has 176 valence electrons. The van der Waals surface area contributed by atoms with Gasteiger partial charge in [0, 0.05) is 33.7 Å². The smallest absolute Gasteiger partial charge is 0.295 e. The van der Waals surface area contributed by atoms with E-state index in [1.54, 1.807) is 29.2 Å². The number of nitrogens with zero attached hydrogens (tertiary/aromatic N) is 1. The van der Waals surface area contributed by atoms with Gasteiger partial charge >= 0.3 is 0 Å². The number of aromatic amines is 1. The van der Waals surface area contributed by atoms with Crippen molar-refractivity contribution < 1.29 is 14.7 Å². The Hall–Kier alpha value is -3.64. The second-order valence-electron chi connectivity index (χ2n) is 8.70. The van der Waals surface area contributed by atoms with Crippen LogP contribution < -0.4 is 0 Å². The zero-order valence-corrected chi connectivity index (χ0v) is 20.9. The van der Waals surface area contributed by atoms with E-state index < -0.39 is 17.7 Å². The Kier molecular flexibility index (Phi) is 6.31. The number of para-hydroxylation sites is 1. The van der Waals surface area contributed by atoms with E-state index in [4.69, 9.17) is 0 Å². The quantitative estimate of drug-likeness (QED) is 0.179. The highest BCUT2D eigenvalue weighted by molar-refractivity contribution is 9.10. The number of fused-ring (bicyclic) bond motifs is 1. The van der Waals surface area contributed by atoms with E-state index in [-0.39, 0.29) is 11.3 Å². The number of aromatic nitrogens is 1. The maximum Gasteiger partial charge on any atom is 0.295 e. The highest BCUT2D eigenvalue weighted by Gasteiger charge is 2.45. The van der Waals surface area contributed by atoms with Crippen molar-refractivity contribution in [3.63, 3.8) is 0 Å². The third-order valence-electron chi connectivity index (χ3n) is 6.66. The van der Waals surface area contributed by atoms with Crippen molar-refractivity contribution in [2.24, 2.45) is 0 Å². The summed E-state index contributed by atoms with van der Waals surface area (Å²) in [5, 5.41) is 12.3. The van der Waals surface area contributed by atoms with E-state index >= 15 is 0 Å². The molecule has 1 unspecified atom stereocenters. The summed E-state index contributed by atoms with van der Waals surface area (Å²) in [6.07, 6.45) is 3.42. The highest BCUT2D eigenvalue weighted by Crippen LogP contribution is 2.40. The molecule has 0 aliphatic carbocycles. The molecule has 5 rings (SSSR count). The number of halogens is 1. The van der Waals surface area contributed by atoms with Gasteiger partial charge in [-0.25, -0.2) is 0 Å². The van der Waals surface area contributed by atoms with E-state index in [2.05, 4.69) is 27.8 Å². The fraction of sp³-hybridized carbons (Fsp3) is 0.172. The first-order chi connectivity index (χ1) is 17.0. The Morgan fingerprint density at radius 3 is 2.43 bits per heavy atom. The molecule has 1 aliphatic heterocycles. The third kappa shape index (κ3) is 4.30. The number of H-pyrrole nitrogens is 1. The van der Waals surface area contributed by atoms with Crippen LogP contribution in [0.4, 0.5) is 0 Å². The fourth-order valence-electron chi connectivity index (χ4n) is 4.74. The topological polar surface area (TPSA) is 73.4 Å². The molecule has 35 heavy (non-hydrogen) atoms. The monoisotopic (exact) mass is 528 g/mol. The maximum absolute atomic E-state index is 13.3. The molecular formula is C29H25BrN2O3. The number of aliphatic hydroxyl groups excluding tert-OH is 1. The highest BCUT2D eigenvalue weighted by atomic mass is 79.9. The molecule has 0 spiro atoms. The molecule has 1 fully saturated rings. The van der Waals surface area contributed by atoms with Crippen LogP contribution in [-0.4, -0.2) is 33.2 Å². The van der Waals surface area contributed by atoms with Crippen molar-refractivity contribution in [1.29, 1.82) is 0 Å². The lowest BCUT2D eigenvalue weighted by atomic mass is 9.94. The molecule has 0 radical (unpaired) electrons. The summed E-state index contributed by atoms with van der Waals surface area (Å²) in [6, 6.07) is 22.3. The number of amides is 1. The van der Waals surface area contributed by atoms with Gasteiger partial charge in [0.05, 0.1) is 11.6 Å². The Labute approximate surface area is 212 Å². The van der Waals surface area contributed by atoms with E-state index in [1.165, 1.54) is 0 Å². The first kappa shape index (κ1) is 23.1. The molecule has 2 heterocycles. The molecule has 2 N–H and O–H groups in total. The summed E-state index contributed by atoms with van der Waals surface area (Å²) >= 11 is 3.40. The molecule has 3 aromatic carbocycles. The summed E-state index contributed by atoms with van der Waals surface area (Å²) in [4.78, 5) is 31.4. The van der Waals surface area contributed by atoms with E-state index in [0.29, 0.717) is 18.5 Å². The molecule has 1 aliphatic rings. The van der Waals surface area contributed by atoms with Crippen LogP contribution in [0.5, 0.6) is 0 Å². The summed E-state index contributed by atoms with van der Waals surface area (Å²) < 4.78 is 0.861. The number of carbonyl (C=O) groups is 2. The van der Waals surface area contributed by atoms with Crippen molar-refractivity contribution >= 4 is 44.3 Å². The Morgan fingerprint density at radius 1 is 1.00 bits per heavy atom. The molecule has 4 aromatic rings. The Bertz CT molecular complexity index is 1440.